The molecule has 0 aromatic heterocycles. The monoisotopic (exact) mass is 445 g/mol. The Bertz CT molecular complexity index is 930. The summed E-state index contributed by atoms with van der Waals surface area (Å²) in [5.74, 6) is -1.13. The van der Waals surface area contributed by atoms with Crippen molar-refractivity contribution >= 4 is 5.70 Å². The Morgan fingerprint density at radius 2 is 1.97 bits per heavy atom. The molecule has 3 aliphatic heterocycles. The molecule has 2 fully saturated rings. The molecule has 7 heteroatoms. The lowest BCUT2D eigenvalue weighted by atomic mass is 9.80. The maximum absolute atomic E-state index is 15.4. The summed E-state index contributed by atoms with van der Waals surface area (Å²) in [7, 11) is 3.78. The average molecular weight is 446 g/mol. The highest BCUT2D eigenvalue weighted by Crippen LogP contribution is 2.36. The molecule has 1 aromatic carbocycles. The molecule has 1 N–H and O–H groups in total. The van der Waals surface area contributed by atoms with E-state index in [1.807, 2.05) is 31.0 Å². The van der Waals surface area contributed by atoms with E-state index in [1.165, 1.54) is 12.1 Å². The van der Waals surface area contributed by atoms with Gasteiger partial charge in [0.15, 0.2) is 0 Å². The highest BCUT2D eigenvalue weighted by molar-refractivity contribution is 5.68. The molecule has 0 amide bonds. The second-order valence-corrected chi connectivity index (χ2v) is 9.32. The number of benzene rings is 1. The summed E-state index contributed by atoms with van der Waals surface area (Å²) in [6.07, 6.45) is 6.59. The predicted molar refractivity (Wildman–Crippen MR) is 122 cm³/mol. The predicted octanol–water partition coefficient (Wildman–Crippen LogP) is 3.64. The summed E-state index contributed by atoms with van der Waals surface area (Å²) in [6, 6.07) is 2.91. The average Bonchev–Trinajstić information content (AvgIpc) is 2.74. The standard InChI is InChI=1S/C25H33F2N3O2/c1-17-5-7-30(8-6-17)22(13-19-14-29(4)9-10-32-19)24(28-3)23-20(26)11-18(12-21(23)27)25(2)15-31-16-25/h5-7,11-12,19,28H,8-10,13-16H2,1-4H3/b24-22-. The fourth-order valence-electron chi connectivity index (χ4n) is 4.50. The minimum atomic E-state index is -0.565. The largest absolute Gasteiger partial charge is 0.386 e. The Balaban J connectivity index is 1.76. The molecule has 0 bridgehead atoms. The first kappa shape index (κ1) is 23.0. The van der Waals surface area contributed by atoms with Gasteiger partial charge in [0.1, 0.15) is 11.6 Å². The van der Waals surface area contributed by atoms with E-state index in [2.05, 4.69) is 23.3 Å². The number of likely N-dealkylation sites (N-methyl/N-ethyl adjacent to an activating group) is 1. The van der Waals surface area contributed by atoms with Crippen LogP contribution in [0, 0.1) is 11.6 Å². The number of halogens is 2. The highest BCUT2D eigenvalue weighted by Gasteiger charge is 2.37. The van der Waals surface area contributed by atoms with Crippen molar-refractivity contribution in [2.75, 3.05) is 53.6 Å². The molecule has 0 spiro atoms. The molecule has 32 heavy (non-hydrogen) atoms. The van der Waals surface area contributed by atoms with Crippen molar-refractivity contribution in [3.05, 3.63) is 64.5 Å². The quantitative estimate of drug-likeness (QED) is 0.724. The van der Waals surface area contributed by atoms with Crippen LogP contribution in [0.2, 0.25) is 0 Å². The van der Waals surface area contributed by atoms with E-state index in [1.54, 1.807) is 7.05 Å². The van der Waals surface area contributed by atoms with Crippen LogP contribution in [0.4, 0.5) is 8.78 Å². The molecule has 2 saturated heterocycles. The van der Waals surface area contributed by atoms with Gasteiger partial charge in [0.25, 0.3) is 0 Å². The molecule has 0 saturated carbocycles. The van der Waals surface area contributed by atoms with Gasteiger partial charge in [0.2, 0.25) is 0 Å². The first-order valence-electron chi connectivity index (χ1n) is 11.2. The maximum atomic E-state index is 15.4. The third-order valence-corrected chi connectivity index (χ3v) is 6.61. The van der Waals surface area contributed by atoms with Crippen LogP contribution >= 0.6 is 0 Å². The van der Waals surface area contributed by atoms with Crippen LogP contribution in [0.3, 0.4) is 0 Å². The van der Waals surface area contributed by atoms with Crippen LogP contribution in [0.15, 0.2) is 41.8 Å². The molecular weight excluding hydrogens is 412 g/mol. The van der Waals surface area contributed by atoms with Crippen LogP contribution in [-0.2, 0) is 14.9 Å². The number of nitrogens with zero attached hydrogens (tertiary/aromatic N) is 2. The van der Waals surface area contributed by atoms with Crippen molar-refractivity contribution in [3.8, 4) is 0 Å². The van der Waals surface area contributed by atoms with E-state index in [-0.39, 0.29) is 17.1 Å². The number of hydrogen-bond acceptors (Lipinski definition) is 5. The normalized spacial score (nSPS) is 24.0. The number of rotatable bonds is 6. The highest BCUT2D eigenvalue weighted by atomic mass is 19.1. The number of hydrogen-bond donors (Lipinski definition) is 1. The molecule has 3 heterocycles. The number of allylic oxidation sites excluding steroid dienone is 2. The van der Waals surface area contributed by atoms with Crippen LogP contribution in [0.25, 0.3) is 5.70 Å². The minimum absolute atomic E-state index is 0.0288. The second kappa shape index (κ2) is 9.33. The van der Waals surface area contributed by atoms with Gasteiger partial charge in [-0.25, -0.2) is 8.78 Å². The van der Waals surface area contributed by atoms with Crippen molar-refractivity contribution in [2.24, 2.45) is 0 Å². The second-order valence-electron chi connectivity index (χ2n) is 9.32. The van der Waals surface area contributed by atoms with Gasteiger partial charge in [-0.05, 0) is 37.7 Å². The van der Waals surface area contributed by atoms with Crippen LogP contribution in [-0.4, -0.2) is 69.5 Å². The van der Waals surface area contributed by atoms with Gasteiger partial charge in [0.05, 0.1) is 37.2 Å². The molecule has 5 nitrogen and oxygen atoms in total. The Morgan fingerprint density at radius 1 is 1.25 bits per heavy atom. The van der Waals surface area contributed by atoms with Gasteiger partial charge in [-0.15, -0.1) is 0 Å². The zero-order chi connectivity index (χ0) is 22.9. The Labute approximate surface area is 189 Å². The molecule has 1 aromatic rings. The smallest absolute Gasteiger partial charge is 0.135 e. The molecule has 0 radical (unpaired) electrons. The lowest BCUT2D eigenvalue weighted by Gasteiger charge is -2.39. The van der Waals surface area contributed by atoms with E-state index in [0.29, 0.717) is 44.0 Å². The van der Waals surface area contributed by atoms with Gasteiger partial charge >= 0.3 is 0 Å². The fourth-order valence-corrected chi connectivity index (χ4v) is 4.50. The summed E-state index contributed by atoms with van der Waals surface area (Å²) in [4.78, 5) is 4.27. The summed E-state index contributed by atoms with van der Waals surface area (Å²) in [6.45, 7) is 7.90. The third kappa shape index (κ3) is 4.60. The molecule has 174 valence electrons. The summed E-state index contributed by atoms with van der Waals surface area (Å²) in [5.41, 5.74) is 2.70. The molecule has 1 unspecified atom stereocenters. The first-order chi connectivity index (χ1) is 15.3. The van der Waals surface area contributed by atoms with E-state index < -0.39 is 11.6 Å². The van der Waals surface area contributed by atoms with Crippen LogP contribution in [0.5, 0.6) is 0 Å². The zero-order valence-corrected chi connectivity index (χ0v) is 19.4. The fraction of sp³-hybridized carbons (Fsp3) is 0.520. The molecule has 4 rings (SSSR count). The van der Waals surface area contributed by atoms with Crippen molar-refractivity contribution < 1.29 is 18.3 Å². The lowest BCUT2D eigenvalue weighted by Crippen LogP contribution is -2.44. The summed E-state index contributed by atoms with van der Waals surface area (Å²) >= 11 is 0. The minimum Gasteiger partial charge on any atom is -0.386 e. The van der Waals surface area contributed by atoms with Crippen molar-refractivity contribution in [3.63, 3.8) is 0 Å². The van der Waals surface area contributed by atoms with E-state index in [4.69, 9.17) is 9.47 Å². The molecule has 0 aliphatic carbocycles. The summed E-state index contributed by atoms with van der Waals surface area (Å²) in [5, 5.41) is 3.11. The van der Waals surface area contributed by atoms with Gasteiger partial charge in [0, 0.05) is 50.4 Å². The van der Waals surface area contributed by atoms with Crippen molar-refractivity contribution in [2.45, 2.75) is 31.8 Å². The van der Waals surface area contributed by atoms with Crippen LogP contribution in [0.1, 0.15) is 31.4 Å². The maximum Gasteiger partial charge on any atom is 0.135 e. The summed E-state index contributed by atoms with van der Waals surface area (Å²) < 4.78 is 42.1. The van der Waals surface area contributed by atoms with E-state index in [9.17, 15) is 0 Å². The number of ether oxygens (including phenoxy) is 2. The number of nitrogens with one attached hydrogen (secondary N) is 1. The Kier molecular flexibility index (Phi) is 6.70. The molecular formula is C25H33F2N3O2. The van der Waals surface area contributed by atoms with E-state index in [0.717, 1.165) is 24.4 Å². The van der Waals surface area contributed by atoms with Crippen molar-refractivity contribution in [1.82, 2.24) is 15.1 Å². The zero-order valence-electron chi connectivity index (χ0n) is 19.4. The van der Waals surface area contributed by atoms with Gasteiger partial charge < -0.3 is 24.6 Å². The lowest BCUT2D eigenvalue weighted by molar-refractivity contribution is -0.0502. The topological polar surface area (TPSA) is 37.0 Å². The van der Waals surface area contributed by atoms with Crippen molar-refractivity contribution in [1.29, 1.82) is 0 Å². The first-order valence-corrected chi connectivity index (χ1v) is 11.2. The third-order valence-electron chi connectivity index (χ3n) is 6.61. The molecule has 3 aliphatic rings. The molecule has 1 atom stereocenters. The van der Waals surface area contributed by atoms with Gasteiger partial charge in [-0.2, -0.15) is 0 Å². The van der Waals surface area contributed by atoms with Gasteiger partial charge in [-0.1, -0.05) is 18.6 Å². The Morgan fingerprint density at radius 3 is 2.50 bits per heavy atom. The van der Waals surface area contributed by atoms with Gasteiger partial charge in [-0.3, -0.25) is 0 Å². The van der Waals surface area contributed by atoms with Crippen LogP contribution < -0.4 is 5.32 Å². The number of morpholine rings is 1. The van der Waals surface area contributed by atoms with E-state index >= 15 is 8.78 Å². The Hall–Kier alpha value is -2.22. The SMILES string of the molecule is CN/C(=C(/CC1CN(C)CCO1)N1C=CC(C)=CC1)c1c(F)cc(C2(C)COC2)cc1F.